The molecule has 1 saturated heterocycles. The van der Waals surface area contributed by atoms with Gasteiger partial charge < -0.3 is 9.84 Å². The molecule has 0 radical (unpaired) electrons. The van der Waals surface area contributed by atoms with Gasteiger partial charge >= 0.3 is 5.97 Å². The van der Waals surface area contributed by atoms with Crippen molar-refractivity contribution in [2.45, 2.75) is 46.4 Å². The lowest BCUT2D eigenvalue weighted by Gasteiger charge is -2.29. The molecule has 0 aromatic heterocycles. The number of aryl methyl sites for hydroxylation is 2. The summed E-state index contributed by atoms with van der Waals surface area (Å²) in [7, 11) is -3.18. The Morgan fingerprint density at radius 2 is 1.88 bits per heavy atom. The highest BCUT2D eigenvalue weighted by Gasteiger charge is 2.39. The number of nitrogens with zero attached hydrogens (tertiary/aromatic N) is 1. The largest absolute Gasteiger partial charge is 0.426 e. The fourth-order valence-electron chi connectivity index (χ4n) is 3.29. The highest BCUT2D eigenvalue weighted by Crippen LogP contribution is 2.27. The average Bonchev–Trinajstić information content (AvgIpc) is 2.73. The molecular formula is C17H25NO5S. The summed E-state index contributed by atoms with van der Waals surface area (Å²) in [4.78, 5) is 13.2. The van der Waals surface area contributed by atoms with Crippen molar-refractivity contribution in [3.05, 3.63) is 28.8 Å². The zero-order valence-corrected chi connectivity index (χ0v) is 15.4. The van der Waals surface area contributed by atoms with Crippen LogP contribution in [0.5, 0.6) is 5.75 Å². The maximum Gasteiger partial charge on any atom is 0.308 e. The van der Waals surface area contributed by atoms with Gasteiger partial charge in [0.05, 0.1) is 23.7 Å². The molecule has 2 rings (SSSR count). The molecule has 6 nitrogen and oxygen atoms in total. The molecule has 1 heterocycles. The topological polar surface area (TPSA) is 83.9 Å². The van der Waals surface area contributed by atoms with Crippen LogP contribution in [0.15, 0.2) is 12.1 Å². The maximum absolute atomic E-state index is 11.7. The van der Waals surface area contributed by atoms with Crippen molar-refractivity contribution in [3.8, 4) is 5.75 Å². The fraction of sp³-hybridized carbons (Fsp3) is 0.588. The minimum absolute atomic E-state index is 0.00843. The first-order valence-corrected chi connectivity index (χ1v) is 9.86. The summed E-state index contributed by atoms with van der Waals surface area (Å²) in [6.45, 7) is 8.24. The molecule has 1 aromatic rings. The first-order chi connectivity index (χ1) is 11.1. The Balaban J connectivity index is 2.21. The van der Waals surface area contributed by atoms with Gasteiger partial charge in [-0.25, -0.2) is 8.42 Å². The van der Waals surface area contributed by atoms with Crippen LogP contribution in [0.2, 0.25) is 0 Å². The molecular weight excluding hydrogens is 330 g/mol. The quantitative estimate of drug-likeness (QED) is 0.631. The molecule has 0 unspecified atom stereocenters. The maximum atomic E-state index is 11.7. The molecule has 1 N–H and O–H groups in total. The van der Waals surface area contributed by atoms with E-state index in [9.17, 15) is 18.3 Å². The van der Waals surface area contributed by atoms with Gasteiger partial charge in [0, 0.05) is 13.5 Å². The van der Waals surface area contributed by atoms with Gasteiger partial charge in [-0.3, -0.25) is 9.69 Å². The number of aliphatic hydroxyl groups excluding tert-OH is 1. The van der Waals surface area contributed by atoms with Crippen molar-refractivity contribution < 1.29 is 23.1 Å². The van der Waals surface area contributed by atoms with E-state index in [1.807, 2.05) is 37.8 Å². The van der Waals surface area contributed by atoms with Crippen LogP contribution >= 0.6 is 0 Å². The van der Waals surface area contributed by atoms with E-state index < -0.39 is 15.9 Å². The second kappa shape index (κ2) is 7.21. The van der Waals surface area contributed by atoms with E-state index in [0.717, 1.165) is 16.7 Å². The molecule has 24 heavy (non-hydrogen) atoms. The predicted octanol–water partition coefficient (Wildman–Crippen LogP) is 1.21. The molecule has 1 aliphatic rings. The number of hydrogen-bond acceptors (Lipinski definition) is 6. The minimum Gasteiger partial charge on any atom is -0.426 e. The van der Waals surface area contributed by atoms with Gasteiger partial charge in [0.15, 0.2) is 9.84 Å². The van der Waals surface area contributed by atoms with E-state index in [2.05, 4.69) is 0 Å². The summed E-state index contributed by atoms with van der Waals surface area (Å²) in [5.74, 6) is 0.0320. The Labute approximate surface area is 143 Å². The van der Waals surface area contributed by atoms with Crippen molar-refractivity contribution in [3.63, 3.8) is 0 Å². The van der Waals surface area contributed by atoms with Crippen LogP contribution in [-0.4, -0.2) is 54.6 Å². The molecule has 7 heteroatoms. The van der Waals surface area contributed by atoms with Gasteiger partial charge in [0.1, 0.15) is 5.75 Å². The second-order valence-corrected chi connectivity index (χ2v) is 8.58. The Morgan fingerprint density at radius 1 is 1.29 bits per heavy atom. The number of hydrogen-bond donors (Lipinski definition) is 1. The van der Waals surface area contributed by atoms with Crippen LogP contribution in [0, 0.1) is 13.8 Å². The lowest BCUT2D eigenvalue weighted by atomic mass is 10.0. The molecule has 1 aliphatic heterocycles. The van der Waals surface area contributed by atoms with Crippen LogP contribution in [0.25, 0.3) is 0 Å². The Bertz CT molecular complexity index is 705. The summed E-state index contributed by atoms with van der Waals surface area (Å²) < 4.78 is 28.7. The molecule has 0 spiro atoms. The van der Waals surface area contributed by atoms with Gasteiger partial charge in [-0.1, -0.05) is 19.1 Å². The average molecular weight is 355 g/mol. The summed E-state index contributed by atoms with van der Waals surface area (Å²) in [6.07, 6.45) is -0.850. The van der Waals surface area contributed by atoms with E-state index in [1.165, 1.54) is 6.92 Å². The Morgan fingerprint density at radius 3 is 2.29 bits per heavy atom. The molecule has 0 aliphatic carbocycles. The fourth-order valence-corrected chi connectivity index (χ4v) is 5.13. The van der Waals surface area contributed by atoms with E-state index in [4.69, 9.17) is 4.74 Å². The molecule has 134 valence electrons. The summed E-state index contributed by atoms with van der Waals surface area (Å²) >= 11 is 0. The monoisotopic (exact) mass is 355 g/mol. The van der Waals surface area contributed by atoms with Gasteiger partial charge in [-0.2, -0.15) is 0 Å². The van der Waals surface area contributed by atoms with Crippen LogP contribution in [0.4, 0.5) is 0 Å². The van der Waals surface area contributed by atoms with Crippen LogP contribution in [-0.2, 0) is 21.2 Å². The highest BCUT2D eigenvalue weighted by atomic mass is 32.2. The Kier molecular flexibility index (Phi) is 5.67. The van der Waals surface area contributed by atoms with Crippen molar-refractivity contribution >= 4 is 15.8 Å². The zero-order chi connectivity index (χ0) is 18.1. The molecule has 0 saturated carbocycles. The van der Waals surface area contributed by atoms with Gasteiger partial charge in [0.2, 0.25) is 0 Å². The van der Waals surface area contributed by atoms with Crippen molar-refractivity contribution in [2.24, 2.45) is 0 Å². The van der Waals surface area contributed by atoms with Crippen molar-refractivity contribution in [2.75, 3.05) is 18.1 Å². The van der Waals surface area contributed by atoms with Crippen LogP contribution < -0.4 is 4.74 Å². The normalized spacial score (nSPS) is 22.8. The summed E-state index contributed by atoms with van der Waals surface area (Å²) in [5.41, 5.74) is 2.71. The van der Waals surface area contributed by atoms with Gasteiger partial charge in [-0.05, 0) is 37.1 Å². The molecule has 0 bridgehead atoms. The second-order valence-electron chi connectivity index (χ2n) is 6.43. The van der Waals surface area contributed by atoms with Crippen LogP contribution in [0.3, 0.4) is 0 Å². The lowest BCUT2D eigenvalue weighted by Crippen LogP contribution is -2.42. The lowest BCUT2D eigenvalue weighted by molar-refractivity contribution is -0.131. The number of rotatable bonds is 5. The SMILES string of the molecule is CCN(Cc1cc(C)c(OC(C)=O)c(C)c1)[C@@H]1CS(=O)(=O)C[C@H]1O. The highest BCUT2D eigenvalue weighted by molar-refractivity contribution is 7.91. The number of esters is 1. The third-order valence-corrected chi connectivity index (χ3v) is 6.02. The molecule has 0 amide bonds. The number of sulfone groups is 1. The molecule has 2 atom stereocenters. The number of carbonyl (C=O) groups is 1. The summed E-state index contributed by atoms with van der Waals surface area (Å²) in [6, 6.07) is 3.49. The third kappa shape index (κ3) is 4.34. The Hall–Kier alpha value is -1.44. The van der Waals surface area contributed by atoms with Crippen LogP contribution in [0.1, 0.15) is 30.5 Å². The van der Waals surface area contributed by atoms with E-state index in [0.29, 0.717) is 18.8 Å². The smallest absolute Gasteiger partial charge is 0.308 e. The predicted molar refractivity (Wildman–Crippen MR) is 91.8 cm³/mol. The van der Waals surface area contributed by atoms with E-state index in [-0.39, 0.29) is 23.5 Å². The molecule has 1 aromatic carbocycles. The molecule has 1 fully saturated rings. The number of likely N-dealkylation sites (N-methyl/N-ethyl adjacent to an activating group) is 1. The van der Waals surface area contributed by atoms with Crippen molar-refractivity contribution in [1.82, 2.24) is 4.90 Å². The minimum atomic E-state index is -3.18. The number of benzene rings is 1. The van der Waals surface area contributed by atoms with Gasteiger partial charge in [0.25, 0.3) is 0 Å². The first kappa shape index (κ1) is 18.9. The third-order valence-electron chi connectivity index (χ3n) is 4.32. The number of ether oxygens (including phenoxy) is 1. The van der Waals surface area contributed by atoms with Crippen molar-refractivity contribution in [1.29, 1.82) is 0 Å². The zero-order valence-electron chi connectivity index (χ0n) is 14.6. The van der Waals surface area contributed by atoms with E-state index in [1.54, 1.807) is 0 Å². The van der Waals surface area contributed by atoms with E-state index >= 15 is 0 Å². The first-order valence-electron chi connectivity index (χ1n) is 8.04. The summed E-state index contributed by atoms with van der Waals surface area (Å²) in [5, 5.41) is 10.1. The standard InChI is InChI=1S/C17H25NO5S/c1-5-18(15-9-24(21,22)10-16(15)20)8-14-6-11(2)17(12(3)7-14)23-13(4)19/h6-7,15-16,20H,5,8-10H2,1-4H3/t15-,16-/m1/s1. The van der Waals surface area contributed by atoms with Gasteiger partial charge in [-0.15, -0.1) is 0 Å². The number of carbonyl (C=O) groups excluding carboxylic acids is 1. The number of aliphatic hydroxyl groups is 1.